The molecule has 2 aromatic rings. The van der Waals surface area contributed by atoms with Crippen LogP contribution in [0.3, 0.4) is 0 Å². The van der Waals surface area contributed by atoms with Gasteiger partial charge in [0.1, 0.15) is 0 Å². The van der Waals surface area contributed by atoms with Crippen molar-refractivity contribution in [1.82, 2.24) is 4.72 Å². The van der Waals surface area contributed by atoms with Crippen LogP contribution in [0.1, 0.15) is 46.0 Å². The molecule has 34 heavy (non-hydrogen) atoms. The summed E-state index contributed by atoms with van der Waals surface area (Å²) in [6.45, 7) is 3.90. The minimum Gasteiger partial charge on any atom is -0.351 e. The number of ether oxygens (including phenoxy) is 1. The number of carbonyl (C=O) groups excluding carboxylic acids is 1. The number of fused-ring (bicyclic) bond motifs is 1. The van der Waals surface area contributed by atoms with Gasteiger partial charge in [-0.2, -0.15) is 0 Å². The van der Waals surface area contributed by atoms with E-state index in [1.807, 2.05) is 31.2 Å². The van der Waals surface area contributed by atoms with Crippen LogP contribution in [0.4, 0.5) is 11.4 Å². The van der Waals surface area contributed by atoms with Crippen molar-refractivity contribution in [3.8, 4) is 11.1 Å². The van der Waals surface area contributed by atoms with Gasteiger partial charge in [0.2, 0.25) is 22.3 Å². The average molecular weight is 488 g/mol. The van der Waals surface area contributed by atoms with Gasteiger partial charge >= 0.3 is 0 Å². The number of hydrogen-bond donors (Lipinski definition) is 2. The first-order valence-corrected chi connectivity index (χ1v) is 13.3. The summed E-state index contributed by atoms with van der Waals surface area (Å²) in [4.78, 5) is 16.1. The monoisotopic (exact) mass is 487 g/mol. The first kappa shape index (κ1) is 24.7. The van der Waals surface area contributed by atoms with E-state index in [2.05, 4.69) is 4.72 Å². The van der Waals surface area contributed by atoms with Crippen LogP contribution in [0.5, 0.6) is 0 Å². The molecule has 2 aliphatic rings. The van der Waals surface area contributed by atoms with E-state index in [4.69, 9.17) is 4.74 Å². The molecule has 1 unspecified atom stereocenters. The van der Waals surface area contributed by atoms with Gasteiger partial charge in [-0.1, -0.05) is 37.5 Å². The highest BCUT2D eigenvalue weighted by Crippen LogP contribution is 2.40. The SMILES string of the molecule is CNS(=O)(=O)c1cccc(-c2ccc3c(c2)N(C(O)OC2CCCCC2)C[C@H](C)N3C(C)=O)c1. The summed E-state index contributed by atoms with van der Waals surface area (Å²) in [7, 11) is -2.21. The quantitative estimate of drug-likeness (QED) is 0.606. The van der Waals surface area contributed by atoms with E-state index in [1.54, 1.807) is 28.0 Å². The lowest BCUT2D eigenvalue weighted by Crippen LogP contribution is -2.53. The predicted octanol–water partition coefficient (Wildman–Crippen LogP) is 3.45. The van der Waals surface area contributed by atoms with Crippen LogP contribution >= 0.6 is 0 Å². The minimum absolute atomic E-state index is 0.0138. The second-order valence-corrected chi connectivity index (χ2v) is 10.9. The summed E-state index contributed by atoms with van der Waals surface area (Å²) in [5.41, 5.74) is 2.87. The number of nitrogens with zero attached hydrogens (tertiary/aromatic N) is 2. The summed E-state index contributed by atoms with van der Waals surface area (Å²) < 4.78 is 33.0. The molecule has 184 valence electrons. The molecule has 2 atom stereocenters. The van der Waals surface area contributed by atoms with Crippen LogP contribution in [0, 0.1) is 0 Å². The number of carbonyl (C=O) groups is 1. The normalized spacial score (nSPS) is 20.2. The molecule has 1 heterocycles. The highest BCUT2D eigenvalue weighted by molar-refractivity contribution is 7.89. The molecule has 2 aromatic carbocycles. The lowest BCUT2D eigenvalue weighted by Gasteiger charge is -2.44. The first-order chi connectivity index (χ1) is 16.2. The van der Waals surface area contributed by atoms with Crippen LogP contribution in [0.25, 0.3) is 11.1 Å². The van der Waals surface area contributed by atoms with Crippen molar-refractivity contribution in [3.63, 3.8) is 0 Å². The fourth-order valence-corrected chi connectivity index (χ4v) is 5.71. The molecule has 2 N–H and O–H groups in total. The number of nitrogens with one attached hydrogen (secondary N) is 1. The van der Waals surface area contributed by atoms with E-state index in [0.717, 1.165) is 36.8 Å². The van der Waals surface area contributed by atoms with E-state index in [0.29, 0.717) is 17.9 Å². The Morgan fingerprint density at radius 3 is 2.47 bits per heavy atom. The molecule has 9 heteroatoms. The number of rotatable bonds is 6. The molecule has 8 nitrogen and oxygen atoms in total. The Morgan fingerprint density at radius 1 is 1.09 bits per heavy atom. The largest absolute Gasteiger partial charge is 0.351 e. The van der Waals surface area contributed by atoms with Gasteiger partial charge in [0.05, 0.1) is 28.4 Å². The second kappa shape index (κ2) is 10.0. The van der Waals surface area contributed by atoms with E-state index < -0.39 is 16.4 Å². The van der Waals surface area contributed by atoms with Crippen molar-refractivity contribution in [1.29, 1.82) is 0 Å². The molecular formula is C25H33N3O5S. The third kappa shape index (κ3) is 4.98. The molecular weight excluding hydrogens is 454 g/mol. The van der Waals surface area contributed by atoms with E-state index >= 15 is 0 Å². The Labute approximate surface area is 201 Å². The average Bonchev–Trinajstić information content (AvgIpc) is 2.83. The van der Waals surface area contributed by atoms with Crippen LogP contribution in [0.2, 0.25) is 0 Å². The maximum Gasteiger partial charge on any atom is 0.240 e. The Morgan fingerprint density at radius 2 is 1.79 bits per heavy atom. The molecule has 1 fully saturated rings. The lowest BCUT2D eigenvalue weighted by molar-refractivity contribution is -0.144. The number of benzene rings is 2. The van der Waals surface area contributed by atoms with Gasteiger partial charge < -0.3 is 19.6 Å². The van der Waals surface area contributed by atoms with Crippen molar-refractivity contribution in [2.24, 2.45) is 0 Å². The lowest BCUT2D eigenvalue weighted by atomic mass is 9.98. The third-order valence-corrected chi connectivity index (χ3v) is 8.08. The Hall–Kier alpha value is -2.46. The first-order valence-electron chi connectivity index (χ1n) is 11.8. The van der Waals surface area contributed by atoms with Crippen molar-refractivity contribution in [3.05, 3.63) is 42.5 Å². The van der Waals surface area contributed by atoms with Gasteiger partial charge in [-0.25, -0.2) is 13.1 Å². The molecule has 0 aromatic heterocycles. The van der Waals surface area contributed by atoms with Gasteiger partial charge in [0.25, 0.3) is 0 Å². The van der Waals surface area contributed by atoms with Crippen LogP contribution in [-0.4, -0.2) is 51.6 Å². The molecule has 0 bridgehead atoms. The molecule has 1 aliphatic carbocycles. The number of aliphatic hydroxyl groups is 1. The highest BCUT2D eigenvalue weighted by Gasteiger charge is 2.35. The van der Waals surface area contributed by atoms with E-state index in [1.165, 1.54) is 20.4 Å². The number of aliphatic hydroxyl groups excluding tert-OH is 1. The molecule has 4 rings (SSSR count). The van der Waals surface area contributed by atoms with Gasteiger partial charge in [-0.3, -0.25) is 4.79 Å². The second-order valence-electron chi connectivity index (χ2n) is 9.05. The van der Waals surface area contributed by atoms with E-state index in [-0.39, 0.29) is 22.9 Å². The topological polar surface area (TPSA) is 99.2 Å². The van der Waals surface area contributed by atoms with Crippen LogP contribution < -0.4 is 14.5 Å². The van der Waals surface area contributed by atoms with Crippen molar-refractivity contribution < 1.29 is 23.1 Å². The Kier molecular flexibility index (Phi) is 7.28. The summed E-state index contributed by atoms with van der Waals surface area (Å²) in [5.74, 6) is -0.0778. The van der Waals surface area contributed by atoms with E-state index in [9.17, 15) is 18.3 Å². The number of sulfonamides is 1. The highest BCUT2D eigenvalue weighted by atomic mass is 32.2. The third-order valence-electron chi connectivity index (χ3n) is 6.66. The standard InChI is InChI=1S/C25H33N3O5S/c1-17-16-27(25(30)33-21-9-5-4-6-10-21)24-15-20(12-13-23(24)28(17)18(2)29)19-8-7-11-22(14-19)34(31,32)26-3/h7-8,11-15,17,21,25-26,30H,4-6,9-10,16H2,1-3H3/t17-,25?/m0/s1. The van der Waals surface area contributed by atoms with Crippen LogP contribution in [0.15, 0.2) is 47.4 Å². The maximum absolute atomic E-state index is 12.4. The maximum atomic E-state index is 12.4. The molecule has 1 saturated carbocycles. The fourth-order valence-electron chi connectivity index (χ4n) is 4.94. The Bertz CT molecular complexity index is 1150. The van der Waals surface area contributed by atoms with Gasteiger partial charge in [0.15, 0.2) is 0 Å². The number of anilines is 2. The number of hydrogen-bond acceptors (Lipinski definition) is 6. The van der Waals surface area contributed by atoms with Crippen LogP contribution in [-0.2, 0) is 19.6 Å². The summed E-state index contributed by atoms with van der Waals surface area (Å²) in [6.07, 6.45) is 4.12. The summed E-state index contributed by atoms with van der Waals surface area (Å²) in [5, 5.41) is 11.1. The van der Waals surface area contributed by atoms with Gasteiger partial charge in [0, 0.05) is 13.5 Å². The minimum atomic E-state index is -3.59. The fraction of sp³-hybridized carbons (Fsp3) is 0.480. The zero-order chi connectivity index (χ0) is 24.5. The van der Waals surface area contributed by atoms with Crippen molar-refractivity contribution in [2.75, 3.05) is 23.4 Å². The molecule has 1 aliphatic heterocycles. The molecule has 0 radical (unpaired) electrons. The predicted molar refractivity (Wildman–Crippen MR) is 132 cm³/mol. The smallest absolute Gasteiger partial charge is 0.240 e. The zero-order valence-corrected chi connectivity index (χ0v) is 20.7. The summed E-state index contributed by atoms with van der Waals surface area (Å²) >= 11 is 0. The summed E-state index contributed by atoms with van der Waals surface area (Å²) in [6, 6.07) is 12.1. The van der Waals surface area contributed by atoms with Crippen molar-refractivity contribution >= 4 is 27.3 Å². The molecule has 0 saturated heterocycles. The van der Waals surface area contributed by atoms with Gasteiger partial charge in [-0.15, -0.1) is 0 Å². The zero-order valence-electron chi connectivity index (χ0n) is 19.9. The number of amides is 1. The van der Waals surface area contributed by atoms with Crippen molar-refractivity contribution in [2.45, 2.75) is 69.4 Å². The Balaban J connectivity index is 1.73. The molecule has 1 amide bonds. The molecule has 0 spiro atoms. The van der Waals surface area contributed by atoms with Gasteiger partial charge in [-0.05, 0) is 62.2 Å².